The van der Waals surface area contributed by atoms with Crippen LogP contribution in [0.15, 0.2) is 6.07 Å². The minimum atomic E-state index is -0.286. The van der Waals surface area contributed by atoms with E-state index in [0.717, 1.165) is 5.69 Å². The number of rotatable bonds is 4. The Morgan fingerprint density at radius 2 is 2.50 bits per heavy atom. The first-order valence-electron chi connectivity index (χ1n) is 4.18. The Labute approximate surface area is 86.7 Å². The highest BCUT2D eigenvalue weighted by Gasteiger charge is 2.07. The van der Waals surface area contributed by atoms with Gasteiger partial charge < -0.3 is 10.4 Å². The fourth-order valence-electron chi connectivity index (χ4n) is 1.09. The third-order valence-corrected chi connectivity index (χ3v) is 1.85. The molecule has 0 spiro atoms. The minimum Gasteiger partial charge on any atom is -0.394 e. The van der Waals surface area contributed by atoms with Gasteiger partial charge in [0.1, 0.15) is 11.7 Å². The van der Waals surface area contributed by atoms with Crippen molar-refractivity contribution in [3.63, 3.8) is 0 Å². The molecule has 0 aliphatic rings. The van der Waals surface area contributed by atoms with Crippen LogP contribution in [0.2, 0.25) is 0 Å². The molecule has 2 N–H and O–H groups in total. The molecule has 0 unspecified atom stereocenters. The molecule has 14 heavy (non-hydrogen) atoms. The Balaban J connectivity index is 2.78. The molecule has 1 rings (SSSR count). The van der Waals surface area contributed by atoms with Gasteiger partial charge in [-0.05, 0) is 6.92 Å². The predicted molar refractivity (Wildman–Crippen MR) is 53.4 cm³/mol. The van der Waals surface area contributed by atoms with Crippen molar-refractivity contribution in [3.8, 4) is 0 Å². The van der Waals surface area contributed by atoms with Crippen molar-refractivity contribution in [2.75, 3.05) is 17.8 Å². The topological polar surface area (TPSA) is 67.2 Å². The Bertz CT molecular complexity index is 324. The molecule has 0 atom stereocenters. The maximum Gasteiger partial charge on any atom is 0.240 e. The molecule has 0 saturated heterocycles. The van der Waals surface area contributed by atoms with Crippen molar-refractivity contribution >= 4 is 23.3 Å². The second-order valence-electron chi connectivity index (χ2n) is 2.80. The summed E-state index contributed by atoms with van der Waals surface area (Å²) < 4.78 is 1.53. The Morgan fingerprint density at radius 1 is 1.79 bits per heavy atom. The molecule has 5 nitrogen and oxygen atoms in total. The minimum absolute atomic E-state index is 0.0230. The number of nitrogens with one attached hydrogen (secondary N) is 1. The highest BCUT2D eigenvalue weighted by Crippen LogP contribution is 2.09. The summed E-state index contributed by atoms with van der Waals surface area (Å²) in [5.41, 5.74) is 0.781. The van der Waals surface area contributed by atoms with Gasteiger partial charge in [-0.15, -0.1) is 11.6 Å². The van der Waals surface area contributed by atoms with E-state index in [4.69, 9.17) is 16.7 Å². The van der Waals surface area contributed by atoms with E-state index in [1.54, 1.807) is 6.07 Å². The average molecular weight is 218 g/mol. The van der Waals surface area contributed by atoms with Crippen LogP contribution in [0.5, 0.6) is 0 Å². The maximum atomic E-state index is 11.0. The van der Waals surface area contributed by atoms with Crippen molar-refractivity contribution in [1.29, 1.82) is 0 Å². The standard InChI is InChI=1S/C8H12ClN3O2/c1-6-4-7(10-8(14)5-9)12(11-6)2-3-13/h4,13H,2-3,5H2,1H3,(H,10,14). The van der Waals surface area contributed by atoms with Gasteiger partial charge in [-0.2, -0.15) is 5.10 Å². The van der Waals surface area contributed by atoms with Crippen LogP contribution in [0.25, 0.3) is 0 Å². The lowest BCUT2D eigenvalue weighted by Crippen LogP contribution is -2.17. The lowest BCUT2D eigenvalue weighted by atomic mass is 10.4. The van der Waals surface area contributed by atoms with Crippen LogP contribution in [0.1, 0.15) is 5.69 Å². The Morgan fingerprint density at radius 3 is 3.07 bits per heavy atom. The lowest BCUT2D eigenvalue weighted by Gasteiger charge is -2.05. The number of carbonyl (C=O) groups is 1. The molecule has 1 heterocycles. The number of aromatic nitrogens is 2. The van der Waals surface area contributed by atoms with Crippen LogP contribution >= 0.6 is 11.6 Å². The fourth-order valence-corrected chi connectivity index (χ4v) is 1.15. The molecular weight excluding hydrogens is 206 g/mol. The van der Waals surface area contributed by atoms with Crippen LogP contribution in [-0.4, -0.2) is 33.3 Å². The van der Waals surface area contributed by atoms with Gasteiger partial charge in [0.15, 0.2) is 0 Å². The van der Waals surface area contributed by atoms with Gasteiger partial charge in [-0.25, -0.2) is 4.68 Å². The maximum absolute atomic E-state index is 11.0. The van der Waals surface area contributed by atoms with Crippen LogP contribution in [0.3, 0.4) is 0 Å². The van der Waals surface area contributed by atoms with Gasteiger partial charge in [0.25, 0.3) is 0 Å². The van der Waals surface area contributed by atoms with Crippen molar-refractivity contribution in [2.45, 2.75) is 13.5 Å². The normalized spacial score (nSPS) is 10.2. The third kappa shape index (κ3) is 2.71. The number of hydrogen-bond acceptors (Lipinski definition) is 3. The molecule has 0 aliphatic heterocycles. The van der Waals surface area contributed by atoms with Crippen LogP contribution in [0, 0.1) is 6.92 Å². The molecule has 78 valence electrons. The van der Waals surface area contributed by atoms with E-state index >= 15 is 0 Å². The molecule has 1 aromatic heterocycles. The first-order chi connectivity index (χ1) is 6.67. The van der Waals surface area contributed by atoms with Gasteiger partial charge in [-0.1, -0.05) is 0 Å². The number of nitrogens with zero attached hydrogens (tertiary/aromatic N) is 2. The van der Waals surface area contributed by atoms with E-state index in [-0.39, 0.29) is 18.4 Å². The van der Waals surface area contributed by atoms with E-state index in [0.29, 0.717) is 12.4 Å². The number of amides is 1. The van der Waals surface area contributed by atoms with E-state index in [2.05, 4.69) is 10.4 Å². The number of hydrogen-bond donors (Lipinski definition) is 2. The summed E-state index contributed by atoms with van der Waals surface area (Å²) in [5, 5.41) is 15.4. The third-order valence-electron chi connectivity index (χ3n) is 1.60. The van der Waals surface area contributed by atoms with Crippen molar-refractivity contribution < 1.29 is 9.90 Å². The molecular formula is C8H12ClN3O2. The molecule has 0 fully saturated rings. The summed E-state index contributed by atoms with van der Waals surface area (Å²) in [6.45, 7) is 2.14. The second-order valence-corrected chi connectivity index (χ2v) is 3.07. The van der Waals surface area contributed by atoms with Crippen LogP contribution in [0.4, 0.5) is 5.82 Å². The zero-order chi connectivity index (χ0) is 10.6. The second kappa shape index (κ2) is 4.97. The number of anilines is 1. The van der Waals surface area contributed by atoms with Gasteiger partial charge >= 0.3 is 0 Å². The summed E-state index contributed by atoms with van der Waals surface area (Å²) in [6, 6.07) is 1.72. The molecule has 0 aliphatic carbocycles. The van der Waals surface area contributed by atoms with E-state index in [9.17, 15) is 4.79 Å². The highest BCUT2D eigenvalue weighted by molar-refractivity contribution is 6.29. The average Bonchev–Trinajstić information content (AvgIpc) is 2.47. The van der Waals surface area contributed by atoms with Crippen molar-refractivity contribution in [3.05, 3.63) is 11.8 Å². The Kier molecular flexibility index (Phi) is 3.91. The monoisotopic (exact) mass is 217 g/mol. The van der Waals surface area contributed by atoms with Crippen molar-refractivity contribution in [1.82, 2.24) is 9.78 Å². The van der Waals surface area contributed by atoms with E-state index in [1.165, 1.54) is 4.68 Å². The molecule has 0 aromatic carbocycles. The largest absolute Gasteiger partial charge is 0.394 e. The number of alkyl halides is 1. The molecule has 1 amide bonds. The van der Waals surface area contributed by atoms with Gasteiger partial charge in [0, 0.05) is 6.07 Å². The summed E-state index contributed by atoms with van der Waals surface area (Å²) in [4.78, 5) is 11.0. The van der Waals surface area contributed by atoms with E-state index < -0.39 is 0 Å². The molecule has 0 bridgehead atoms. The van der Waals surface area contributed by atoms with Crippen LogP contribution < -0.4 is 5.32 Å². The molecule has 1 aromatic rings. The van der Waals surface area contributed by atoms with Crippen molar-refractivity contribution in [2.24, 2.45) is 0 Å². The number of aliphatic hydroxyl groups excluding tert-OH is 1. The zero-order valence-corrected chi connectivity index (χ0v) is 8.58. The zero-order valence-electron chi connectivity index (χ0n) is 7.83. The number of aryl methyl sites for hydroxylation is 1. The first kappa shape index (κ1) is 11.0. The quantitative estimate of drug-likeness (QED) is 0.716. The fraction of sp³-hybridized carbons (Fsp3) is 0.500. The van der Waals surface area contributed by atoms with Gasteiger partial charge in [-0.3, -0.25) is 4.79 Å². The lowest BCUT2D eigenvalue weighted by molar-refractivity contribution is -0.114. The summed E-state index contributed by atoms with van der Waals surface area (Å²) >= 11 is 5.35. The first-order valence-corrected chi connectivity index (χ1v) is 4.72. The summed E-state index contributed by atoms with van der Waals surface area (Å²) in [7, 11) is 0. The summed E-state index contributed by atoms with van der Waals surface area (Å²) in [6.07, 6.45) is 0. The van der Waals surface area contributed by atoms with Crippen LogP contribution in [-0.2, 0) is 11.3 Å². The highest BCUT2D eigenvalue weighted by atomic mass is 35.5. The SMILES string of the molecule is Cc1cc(NC(=O)CCl)n(CCO)n1. The van der Waals surface area contributed by atoms with Gasteiger partial charge in [0.05, 0.1) is 18.8 Å². The molecule has 6 heteroatoms. The van der Waals surface area contributed by atoms with E-state index in [1.807, 2.05) is 6.92 Å². The smallest absolute Gasteiger partial charge is 0.240 e. The predicted octanol–water partition coefficient (Wildman–Crippen LogP) is 0.361. The molecule has 0 radical (unpaired) electrons. The number of halogens is 1. The van der Waals surface area contributed by atoms with Gasteiger partial charge in [0.2, 0.25) is 5.91 Å². The Hall–Kier alpha value is -1.07. The molecule has 0 saturated carbocycles. The number of aliphatic hydroxyl groups is 1. The summed E-state index contributed by atoms with van der Waals surface area (Å²) in [5.74, 6) is 0.177. The number of carbonyl (C=O) groups excluding carboxylic acids is 1.